The molecule has 2 atom stereocenters. The van der Waals surface area contributed by atoms with E-state index in [-0.39, 0.29) is 24.4 Å². The van der Waals surface area contributed by atoms with E-state index >= 15 is 0 Å². The van der Waals surface area contributed by atoms with Crippen LogP contribution >= 0.6 is 0 Å². The molecule has 2 unspecified atom stereocenters. The van der Waals surface area contributed by atoms with Gasteiger partial charge >= 0.3 is 6.09 Å². The van der Waals surface area contributed by atoms with Crippen molar-refractivity contribution in [3.8, 4) is 0 Å². The van der Waals surface area contributed by atoms with E-state index in [0.29, 0.717) is 13.0 Å². The summed E-state index contributed by atoms with van der Waals surface area (Å²) in [7, 11) is 0. The molecule has 0 aromatic heterocycles. The number of ether oxygens (including phenoxy) is 1. The van der Waals surface area contributed by atoms with Crippen molar-refractivity contribution in [3.63, 3.8) is 0 Å². The second-order valence-corrected chi connectivity index (χ2v) is 9.17. The van der Waals surface area contributed by atoms with Crippen molar-refractivity contribution in [2.45, 2.75) is 77.0 Å². The van der Waals surface area contributed by atoms with Gasteiger partial charge in [-0.05, 0) is 70.4 Å². The largest absolute Gasteiger partial charge is 0.444 e. The molecule has 0 spiro atoms. The Labute approximate surface area is 178 Å². The van der Waals surface area contributed by atoms with E-state index in [0.717, 1.165) is 32.1 Å². The third kappa shape index (κ3) is 5.97. The number of benzene rings is 1. The lowest BCUT2D eigenvalue weighted by Crippen LogP contribution is -2.51. The molecule has 7 heteroatoms. The summed E-state index contributed by atoms with van der Waals surface area (Å²) in [5, 5.41) is 5.78. The minimum atomic E-state index is -0.662. The molecule has 2 N–H and O–H groups in total. The second kappa shape index (κ2) is 9.49. The molecular weight excluding hydrogens is 382 g/mol. The number of nitrogens with zero attached hydrogens (tertiary/aromatic N) is 1. The zero-order valence-corrected chi connectivity index (χ0v) is 18.2. The number of rotatable bonds is 4. The maximum atomic E-state index is 12.9. The van der Waals surface area contributed by atoms with Crippen molar-refractivity contribution in [3.05, 3.63) is 35.4 Å². The smallest absolute Gasteiger partial charge is 0.408 e. The Bertz CT molecular complexity index is 787. The van der Waals surface area contributed by atoms with Gasteiger partial charge in [0.05, 0.1) is 12.6 Å². The van der Waals surface area contributed by atoms with Crippen LogP contribution in [0.5, 0.6) is 0 Å². The number of carbonyl (C=O) groups excluding carboxylic acids is 3. The summed E-state index contributed by atoms with van der Waals surface area (Å²) >= 11 is 0. The molecule has 0 radical (unpaired) electrons. The van der Waals surface area contributed by atoms with Crippen LogP contribution in [-0.4, -0.2) is 47.5 Å². The summed E-state index contributed by atoms with van der Waals surface area (Å²) in [6.07, 6.45) is 4.52. The molecule has 1 heterocycles. The van der Waals surface area contributed by atoms with Crippen molar-refractivity contribution < 1.29 is 19.1 Å². The van der Waals surface area contributed by atoms with Crippen LogP contribution in [0.15, 0.2) is 24.3 Å². The lowest BCUT2D eigenvalue weighted by molar-refractivity contribution is -0.137. The Kier molecular flexibility index (Phi) is 7.00. The van der Waals surface area contributed by atoms with Gasteiger partial charge in [-0.3, -0.25) is 9.59 Å². The molecule has 1 aromatic carbocycles. The highest BCUT2D eigenvalue weighted by Gasteiger charge is 2.31. The predicted molar refractivity (Wildman–Crippen MR) is 114 cm³/mol. The number of hydrogen-bond donors (Lipinski definition) is 2. The van der Waals surface area contributed by atoms with Crippen LogP contribution in [0.4, 0.5) is 4.79 Å². The molecule has 1 aromatic rings. The Morgan fingerprint density at radius 2 is 1.80 bits per heavy atom. The summed E-state index contributed by atoms with van der Waals surface area (Å²) in [4.78, 5) is 39.4. The van der Waals surface area contributed by atoms with Crippen LogP contribution in [0, 0.1) is 0 Å². The maximum absolute atomic E-state index is 12.9. The van der Waals surface area contributed by atoms with E-state index in [4.69, 9.17) is 4.74 Å². The number of hydrogen-bond acceptors (Lipinski definition) is 4. The van der Waals surface area contributed by atoms with E-state index in [1.165, 1.54) is 11.1 Å². The summed E-state index contributed by atoms with van der Waals surface area (Å²) in [5.41, 5.74) is 1.82. The average molecular weight is 416 g/mol. The van der Waals surface area contributed by atoms with Crippen LogP contribution in [-0.2, 0) is 20.7 Å². The van der Waals surface area contributed by atoms with E-state index in [2.05, 4.69) is 22.8 Å². The number of alkyl carbamates (subject to hydrolysis) is 1. The number of likely N-dealkylation sites (tertiary alicyclic amines) is 1. The molecule has 0 bridgehead atoms. The van der Waals surface area contributed by atoms with E-state index in [9.17, 15) is 14.4 Å². The van der Waals surface area contributed by atoms with Gasteiger partial charge in [0, 0.05) is 6.54 Å². The summed E-state index contributed by atoms with van der Waals surface area (Å²) in [6, 6.07) is 7.52. The Morgan fingerprint density at radius 1 is 1.07 bits per heavy atom. The number of aryl methyl sites for hydroxylation is 1. The van der Waals surface area contributed by atoms with E-state index in [1.807, 2.05) is 12.1 Å². The zero-order chi connectivity index (χ0) is 21.7. The Morgan fingerprint density at radius 3 is 2.57 bits per heavy atom. The number of amides is 3. The summed E-state index contributed by atoms with van der Waals surface area (Å²) in [5.74, 6) is -0.388. The fourth-order valence-electron chi connectivity index (χ4n) is 4.16. The molecule has 2 aliphatic rings. The first-order chi connectivity index (χ1) is 14.2. The molecular formula is C23H33N3O4. The van der Waals surface area contributed by atoms with Crippen LogP contribution in [0.3, 0.4) is 0 Å². The third-order valence-corrected chi connectivity index (χ3v) is 5.51. The van der Waals surface area contributed by atoms with Gasteiger partial charge in [0.15, 0.2) is 0 Å². The number of fused-ring (bicyclic) bond motifs is 1. The van der Waals surface area contributed by atoms with Gasteiger partial charge in [-0.1, -0.05) is 24.3 Å². The molecule has 3 amide bonds. The summed E-state index contributed by atoms with van der Waals surface area (Å²) in [6.45, 7) is 5.86. The predicted octanol–water partition coefficient (Wildman–Crippen LogP) is 3.09. The van der Waals surface area contributed by atoms with E-state index in [1.54, 1.807) is 25.7 Å². The molecule has 3 rings (SSSR count). The van der Waals surface area contributed by atoms with Crippen molar-refractivity contribution >= 4 is 17.9 Å². The van der Waals surface area contributed by atoms with Crippen molar-refractivity contribution in [2.24, 2.45) is 0 Å². The Hall–Kier alpha value is -2.57. The van der Waals surface area contributed by atoms with E-state index < -0.39 is 17.7 Å². The van der Waals surface area contributed by atoms with Gasteiger partial charge in [0.25, 0.3) is 0 Å². The van der Waals surface area contributed by atoms with Gasteiger partial charge in [0.2, 0.25) is 11.8 Å². The minimum absolute atomic E-state index is 0.00397. The van der Waals surface area contributed by atoms with Gasteiger partial charge in [-0.25, -0.2) is 4.79 Å². The zero-order valence-electron chi connectivity index (χ0n) is 18.2. The normalized spacial score (nSPS) is 22.0. The number of carbonyl (C=O) groups is 3. The van der Waals surface area contributed by atoms with Crippen molar-refractivity contribution in [1.29, 1.82) is 0 Å². The quantitative estimate of drug-likeness (QED) is 0.791. The molecule has 7 nitrogen and oxygen atoms in total. The van der Waals surface area contributed by atoms with Gasteiger partial charge in [0.1, 0.15) is 11.6 Å². The molecule has 1 aliphatic carbocycles. The molecule has 0 saturated carbocycles. The molecule has 30 heavy (non-hydrogen) atoms. The van der Waals surface area contributed by atoms with Crippen molar-refractivity contribution in [1.82, 2.24) is 15.5 Å². The first kappa shape index (κ1) is 22.1. The number of nitrogens with one attached hydrogen (secondary N) is 2. The first-order valence-corrected chi connectivity index (χ1v) is 10.9. The molecule has 1 fully saturated rings. The lowest BCUT2D eigenvalue weighted by Gasteiger charge is -2.29. The van der Waals surface area contributed by atoms with Crippen LogP contribution < -0.4 is 10.6 Å². The standard InChI is InChI=1S/C23H33N3O4/c1-23(2,3)30-22(29)25-19-12-6-7-14-26(21(19)28)15-20(27)24-18-13-8-10-16-9-4-5-11-17(16)18/h4-5,9,11,18-19H,6-8,10,12-15H2,1-3H3,(H,24,27)(H,25,29). The van der Waals surface area contributed by atoms with Gasteiger partial charge < -0.3 is 20.3 Å². The van der Waals surface area contributed by atoms with Crippen LogP contribution in [0.1, 0.15) is 70.0 Å². The maximum Gasteiger partial charge on any atom is 0.408 e. The molecule has 1 saturated heterocycles. The third-order valence-electron chi connectivity index (χ3n) is 5.51. The highest BCUT2D eigenvalue weighted by Crippen LogP contribution is 2.29. The molecule has 164 valence electrons. The SMILES string of the molecule is CC(C)(C)OC(=O)NC1CCCCN(CC(=O)NC2CCCc3ccccc32)C1=O. The highest BCUT2D eigenvalue weighted by atomic mass is 16.6. The van der Waals surface area contributed by atoms with Crippen molar-refractivity contribution in [2.75, 3.05) is 13.1 Å². The van der Waals surface area contributed by atoms with Crippen LogP contribution in [0.25, 0.3) is 0 Å². The fourth-order valence-corrected chi connectivity index (χ4v) is 4.16. The Balaban J connectivity index is 1.59. The minimum Gasteiger partial charge on any atom is -0.444 e. The second-order valence-electron chi connectivity index (χ2n) is 9.17. The fraction of sp³-hybridized carbons (Fsp3) is 0.609. The monoisotopic (exact) mass is 415 g/mol. The highest BCUT2D eigenvalue weighted by molar-refractivity contribution is 5.89. The van der Waals surface area contributed by atoms with Gasteiger partial charge in [-0.2, -0.15) is 0 Å². The average Bonchev–Trinajstić information content (AvgIpc) is 2.83. The first-order valence-electron chi connectivity index (χ1n) is 10.9. The molecule has 1 aliphatic heterocycles. The topological polar surface area (TPSA) is 87.7 Å². The lowest BCUT2D eigenvalue weighted by atomic mass is 9.88. The summed E-state index contributed by atoms with van der Waals surface area (Å²) < 4.78 is 5.28. The van der Waals surface area contributed by atoms with Crippen LogP contribution in [0.2, 0.25) is 0 Å². The van der Waals surface area contributed by atoms with Gasteiger partial charge in [-0.15, -0.1) is 0 Å².